The van der Waals surface area contributed by atoms with Crippen LogP contribution in [0.1, 0.15) is 40.0 Å². The maximum absolute atomic E-state index is 8.77. The molecule has 1 rings (SSSR count). The van der Waals surface area contributed by atoms with E-state index in [0.29, 0.717) is 0 Å². The first-order valence-electron chi connectivity index (χ1n) is 6.23. The van der Waals surface area contributed by atoms with E-state index in [1.807, 2.05) is 0 Å². The SMILES string of the molecule is C[CH2][Sn]([CH2]C)([CH2]C)[C]1=CC(OO)CCC1. The Labute approximate surface area is 97.5 Å². The molecular formula is C12H24O2Sn. The molecule has 1 aliphatic rings. The summed E-state index contributed by atoms with van der Waals surface area (Å²) < 4.78 is 5.89. The van der Waals surface area contributed by atoms with Gasteiger partial charge < -0.3 is 0 Å². The second kappa shape index (κ2) is 6.26. The van der Waals surface area contributed by atoms with Crippen LogP contribution < -0.4 is 0 Å². The third-order valence-electron chi connectivity index (χ3n) is 4.17. The molecule has 0 aromatic carbocycles. The average molecular weight is 319 g/mol. The van der Waals surface area contributed by atoms with E-state index >= 15 is 0 Å². The normalized spacial score (nSPS) is 22.7. The fourth-order valence-electron chi connectivity index (χ4n) is 2.84. The van der Waals surface area contributed by atoms with Crippen LogP contribution in [0.3, 0.4) is 0 Å². The third-order valence-corrected chi connectivity index (χ3v) is 20.8. The predicted octanol–water partition coefficient (Wildman–Crippen LogP) is 4.00. The zero-order chi connectivity index (χ0) is 11.3. The van der Waals surface area contributed by atoms with Gasteiger partial charge in [0, 0.05) is 0 Å². The van der Waals surface area contributed by atoms with Crippen molar-refractivity contribution in [3.63, 3.8) is 0 Å². The van der Waals surface area contributed by atoms with Gasteiger partial charge in [-0.1, -0.05) is 0 Å². The summed E-state index contributed by atoms with van der Waals surface area (Å²) in [5, 5.41) is 8.77. The van der Waals surface area contributed by atoms with Crippen LogP contribution in [0.5, 0.6) is 0 Å². The molecule has 3 heteroatoms. The van der Waals surface area contributed by atoms with Crippen LogP contribution >= 0.6 is 0 Å². The number of allylic oxidation sites excluding steroid dienone is 1. The van der Waals surface area contributed by atoms with E-state index in [9.17, 15) is 0 Å². The minimum absolute atomic E-state index is 0.0190. The van der Waals surface area contributed by atoms with E-state index in [2.05, 4.69) is 31.7 Å². The van der Waals surface area contributed by atoms with Crippen molar-refractivity contribution in [1.82, 2.24) is 0 Å². The van der Waals surface area contributed by atoms with Gasteiger partial charge in [0.05, 0.1) is 0 Å². The fraction of sp³-hybridized carbons (Fsp3) is 0.833. The molecule has 0 radical (unpaired) electrons. The summed E-state index contributed by atoms with van der Waals surface area (Å²) in [4.78, 5) is 4.51. The molecule has 0 spiro atoms. The van der Waals surface area contributed by atoms with Gasteiger partial charge in [0.2, 0.25) is 0 Å². The zero-order valence-corrected chi connectivity index (χ0v) is 13.1. The van der Waals surface area contributed by atoms with Crippen LogP contribution in [0.4, 0.5) is 0 Å². The zero-order valence-electron chi connectivity index (χ0n) is 10.3. The van der Waals surface area contributed by atoms with E-state index in [-0.39, 0.29) is 6.10 Å². The third kappa shape index (κ3) is 2.98. The molecule has 1 unspecified atom stereocenters. The molecule has 0 aromatic rings. The summed E-state index contributed by atoms with van der Waals surface area (Å²) in [6, 6.07) is 0. The van der Waals surface area contributed by atoms with Gasteiger partial charge in [0.25, 0.3) is 0 Å². The van der Waals surface area contributed by atoms with Crippen molar-refractivity contribution in [2.45, 2.75) is 59.4 Å². The molecule has 1 aliphatic carbocycles. The van der Waals surface area contributed by atoms with Gasteiger partial charge in [0.1, 0.15) is 0 Å². The molecule has 0 saturated heterocycles. The van der Waals surface area contributed by atoms with Gasteiger partial charge in [-0.2, -0.15) is 0 Å². The van der Waals surface area contributed by atoms with Crippen molar-refractivity contribution in [2.75, 3.05) is 0 Å². The number of rotatable bonds is 5. The van der Waals surface area contributed by atoms with Crippen LogP contribution in [0.15, 0.2) is 9.67 Å². The van der Waals surface area contributed by atoms with Crippen LogP contribution in [-0.4, -0.2) is 29.7 Å². The average Bonchev–Trinajstić information content (AvgIpc) is 2.32. The fourth-order valence-corrected chi connectivity index (χ4v) is 14.6. The first kappa shape index (κ1) is 13.5. The molecule has 0 bridgehead atoms. The van der Waals surface area contributed by atoms with Crippen LogP contribution in [0.25, 0.3) is 0 Å². The Kier molecular flexibility index (Phi) is 5.64. The van der Waals surface area contributed by atoms with Gasteiger partial charge in [-0.15, -0.1) is 0 Å². The summed E-state index contributed by atoms with van der Waals surface area (Å²) >= 11 is -2.00. The second-order valence-corrected chi connectivity index (χ2v) is 19.8. The van der Waals surface area contributed by atoms with Gasteiger partial charge in [-0.05, 0) is 0 Å². The van der Waals surface area contributed by atoms with E-state index in [4.69, 9.17) is 5.26 Å². The second-order valence-electron chi connectivity index (χ2n) is 4.57. The van der Waals surface area contributed by atoms with Crippen molar-refractivity contribution in [3.05, 3.63) is 9.67 Å². The van der Waals surface area contributed by atoms with E-state index < -0.39 is 18.4 Å². The standard InChI is InChI=1S/C6H9O2.3C2H5.Sn/c7-8-6-4-2-1-3-5-6;3*1-2;/h5-7H,1-2,4H2;3*1H2,2H3;. The van der Waals surface area contributed by atoms with Crippen molar-refractivity contribution < 1.29 is 10.1 Å². The molecular weight excluding hydrogens is 295 g/mol. The summed E-state index contributed by atoms with van der Waals surface area (Å²) in [6.07, 6.45) is 5.67. The molecule has 0 saturated carbocycles. The number of hydrogen-bond acceptors (Lipinski definition) is 2. The van der Waals surface area contributed by atoms with E-state index in [0.717, 1.165) is 6.42 Å². The van der Waals surface area contributed by atoms with Crippen molar-refractivity contribution in [2.24, 2.45) is 0 Å². The first-order valence-corrected chi connectivity index (χ1v) is 13.7. The molecule has 0 aromatic heterocycles. The van der Waals surface area contributed by atoms with Crippen LogP contribution in [0, 0.1) is 0 Å². The molecule has 0 amide bonds. The predicted molar refractivity (Wildman–Crippen MR) is 66.6 cm³/mol. The molecule has 88 valence electrons. The topological polar surface area (TPSA) is 29.5 Å². The van der Waals surface area contributed by atoms with Gasteiger partial charge in [-0.25, -0.2) is 0 Å². The van der Waals surface area contributed by atoms with Gasteiger partial charge >= 0.3 is 97.6 Å². The van der Waals surface area contributed by atoms with E-state index in [1.165, 1.54) is 26.2 Å². The van der Waals surface area contributed by atoms with Gasteiger partial charge in [-0.3, -0.25) is 0 Å². The minimum atomic E-state index is -2.00. The Morgan fingerprint density at radius 1 is 1.33 bits per heavy atom. The molecule has 2 nitrogen and oxygen atoms in total. The summed E-state index contributed by atoms with van der Waals surface area (Å²) in [5.41, 5.74) is 0. The quantitative estimate of drug-likeness (QED) is 0.471. The summed E-state index contributed by atoms with van der Waals surface area (Å²) in [7, 11) is 0. The van der Waals surface area contributed by atoms with Crippen molar-refractivity contribution >= 4 is 18.4 Å². The van der Waals surface area contributed by atoms with E-state index in [1.54, 1.807) is 3.59 Å². The Morgan fingerprint density at radius 2 is 1.93 bits per heavy atom. The molecule has 15 heavy (non-hydrogen) atoms. The first-order chi connectivity index (χ1) is 7.22. The molecule has 1 N–H and O–H groups in total. The Bertz CT molecular complexity index is 213. The Morgan fingerprint density at radius 3 is 2.40 bits per heavy atom. The monoisotopic (exact) mass is 320 g/mol. The van der Waals surface area contributed by atoms with Crippen LogP contribution in [-0.2, 0) is 4.89 Å². The molecule has 0 aliphatic heterocycles. The van der Waals surface area contributed by atoms with Crippen molar-refractivity contribution in [3.8, 4) is 0 Å². The number of hydrogen-bond donors (Lipinski definition) is 1. The Balaban J connectivity index is 2.87. The Hall–Kier alpha value is 0.459. The molecule has 0 fully saturated rings. The maximum atomic E-state index is 8.77. The van der Waals surface area contributed by atoms with Gasteiger partial charge in [0.15, 0.2) is 0 Å². The summed E-state index contributed by atoms with van der Waals surface area (Å²) in [5.74, 6) is 0. The van der Waals surface area contributed by atoms with Crippen molar-refractivity contribution in [1.29, 1.82) is 0 Å². The molecule has 0 heterocycles. The molecule has 1 atom stereocenters. The van der Waals surface area contributed by atoms with Crippen LogP contribution in [0.2, 0.25) is 13.3 Å². The summed E-state index contributed by atoms with van der Waals surface area (Å²) in [6.45, 7) is 7.06.